The predicted octanol–water partition coefficient (Wildman–Crippen LogP) is 2.60. The van der Waals surface area contributed by atoms with E-state index in [1.54, 1.807) is 28.2 Å². The number of nitrogens with one attached hydrogen (secondary N) is 1. The number of nitrogens with zero attached hydrogens (tertiary/aromatic N) is 2. The molecule has 0 spiro atoms. The van der Waals surface area contributed by atoms with Gasteiger partial charge < -0.3 is 19.9 Å². The van der Waals surface area contributed by atoms with Crippen LogP contribution < -0.4 is 15.0 Å². The van der Waals surface area contributed by atoms with Gasteiger partial charge in [0.1, 0.15) is 12.3 Å². The van der Waals surface area contributed by atoms with E-state index in [2.05, 4.69) is 11.4 Å². The number of methoxy groups -OCH3 is 1. The molecule has 2 saturated heterocycles. The van der Waals surface area contributed by atoms with E-state index in [4.69, 9.17) is 4.74 Å². The van der Waals surface area contributed by atoms with Gasteiger partial charge in [0.25, 0.3) is 0 Å². The summed E-state index contributed by atoms with van der Waals surface area (Å²) in [7, 11) is 1.59. The van der Waals surface area contributed by atoms with E-state index in [9.17, 15) is 14.4 Å². The average molecular weight is 442 g/mol. The smallest absolute Gasteiger partial charge is 0.246 e. The van der Waals surface area contributed by atoms with E-state index in [1.165, 1.54) is 4.88 Å². The Labute approximate surface area is 186 Å². The van der Waals surface area contributed by atoms with Crippen LogP contribution in [0.15, 0.2) is 41.8 Å². The Kier molecular flexibility index (Phi) is 6.27. The lowest BCUT2D eigenvalue weighted by molar-refractivity contribution is -0.137. The number of ether oxygens (including phenoxy) is 1. The van der Waals surface area contributed by atoms with Crippen LogP contribution in [0, 0.1) is 0 Å². The predicted molar refractivity (Wildman–Crippen MR) is 119 cm³/mol. The van der Waals surface area contributed by atoms with E-state index in [0.717, 1.165) is 18.5 Å². The third-order valence-corrected chi connectivity index (χ3v) is 6.96. The Morgan fingerprint density at radius 3 is 2.77 bits per heavy atom. The number of piperazine rings is 1. The summed E-state index contributed by atoms with van der Waals surface area (Å²) >= 11 is 1.67. The Hall–Kier alpha value is -2.87. The van der Waals surface area contributed by atoms with E-state index < -0.39 is 0 Å². The van der Waals surface area contributed by atoms with Gasteiger partial charge in [-0.05, 0) is 36.4 Å². The zero-order chi connectivity index (χ0) is 21.8. The lowest BCUT2D eigenvalue weighted by Gasteiger charge is -2.35. The molecule has 3 amide bonds. The minimum Gasteiger partial charge on any atom is -0.497 e. The summed E-state index contributed by atoms with van der Waals surface area (Å²) in [5.74, 6) is 0.602. The molecule has 1 aromatic heterocycles. The number of carbonyl (C=O) groups is 3. The first-order chi connectivity index (χ1) is 15.0. The maximum atomic E-state index is 12.9. The Morgan fingerprint density at radius 2 is 2.10 bits per heavy atom. The van der Waals surface area contributed by atoms with Crippen molar-refractivity contribution in [2.24, 2.45) is 0 Å². The highest BCUT2D eigenvalue weighted by molar-refractivity contribution is 7.09. The first kappa shape index (κ1) is 21.4. The lowest BCUT2D eigenvalue weighted by atomic mass is 9.87. The van der Waals surface area contributed by atoms with Crippen molar-refractivity contribution < 1.29 is 19.1 Å². The van der Waals surface area contributed by atoms with Crippen LogP contribution >= 0.6 is 11.3 Å². The highest BCUT2D eigenvalue weighted by Crippen LogP contribution is 2.31. The monoisotopic (exact) mass is 441 g/mol. The quantitative estimate of drug-likeness (QED) is 0.716. The molecule has 8 heteroatoms. The van der Waals surface area contributed by atoms with Gasteiger partial charge in [0.2, 0.25) is 17.7 Å². The Balaban J connectivity index is 1.35. The van der Waals surface area contributed by atoms with Crippen LogP contribution in [-0.2, 0) is 20.8 Å². The molecule has 0 bridgehead atoms. The summed E-state index contributed by atoms with van der Waals surface area (Å²) < 4.78 is 5.24. The fraction of sp³-hybridized carbons (Fsp3) is 0.435. The van der Waals surface area contributed by atoms with Gasteiger partial charge in [0.15, 0.2) is 0 Å². The van der Waals surface area contributed by atoms with Gasteiger partial charge in [-0.15, -0.1) is 11.3 Å². The fourth-order valence-electron chi connectivity index (χ4n) is 4.37. The van der Waals surface area contributed by atoms with Gasteiger partial charge in [0.05, 0.1) is 7.11 Å². The second kappa shape index (κ2) is 9.09. The molecule has 31 heavy (non-hydrogen) atoms. The van der Waals surface area contributed by atoms with Crippen molar-refractivity contribution in [1.29, 1.82) is 0 Å². The second-order valence-electron chi connectivity index (χ2n) is 8.15. The van der Waals surface area contributed by atoms with Crippen LogP contribution in [0.25, 0.3) is 0 Å². The summed E-state index contributed by atoms with van der Waals surface area (Å²) in [5.41, 5.74) is 0.407. The first-order valence-corrected chi connectivity index (χ1v) is 11.4. The summed E-state index contributed by atoms with van der Waals surface area (Å²) in [6, 6.07) is 11.4. The number of benzene rings is 1. The number of rotatable bonds is 7. The molecule has 1 atom stereocenters. The van der Waals surface area contributed by atoms with Crippen molar-refractivity contribution in [2.75, 3.05) is 31.6 Å². The van der Waals surface area contributed by atoms with Crippen molar-refractivity contribution in [1.82, 2.24) is 10.2 Å². The zero-order valence-corrected chi connectivity index (χ0v) is 18.5. The third kappa shape index (κ3) is 4.90. The summed E-state index contributed by atoms with van der Waals surface area (Å²) in [6.07, 6.45) is 2.88. The molecule has 3 heterocycles. The molecule has 0 radical (unpaired) electrons. The van der Waals surface area contributed by atoms with Crippen LogP contribution in [0.2, 0.25) is 0 Å². The highest BCUT2D eigenvalue weighted by atomic mass is 32.1. The molecule has 164 valence electrons. The Morgan fingerprint density at radius 1 is 1.23 bits per heavy atom. The standard InChI is InChI=1S/C23H27N3O4S/c1-30-18-5-2-4-17(14-18)26-12-11-25(16-22(26)29)21(28)8-10-23(9-7-20(27)24-23)15-19-6-3-13-31-19/h2-6,13-14H,7-12,15-16H2,1H3,(H,24,27)/t23-/m0/s1. The number of thiophene rings is 1. The minimum absolute atomic E-state index is 0.0367. The van der Waals surface area contributed by atoms with Crippen LogP contribution in [0.4, 0.5) is 5.69 Å². The molecule has 0 saturated carbocycles. The summed E-state index contributed by atoms with van der Waals surface area (Å²) in [6.45, 7) is 1.02. The van der Waals surface area contributed by atoms with Gasteiger partial charge in [-0.2, -0.15) is 0 Å². The van der Waals surface area contributed by atoms with E-state index in [0.29, 0.717) is 38.1 Å². The minimum atomic E-state index is -0.371. The number of hydrogen-bond acceptors (Lipinski definition) is 5. The van der Waals surface area contributed by atoms with Crippen LogP contribution in [0.1, 0.15) is 30.6 Å². The molecule has 2 fully saturated rings. The van der Waals surface area contributed by atoms with Crippen molar-refractivity contribution >= 4 is 34.7 Å². The van der Waals surface area contributed by atoms with Crippen molar-refractivity contribution in [3.8, 4) is 5.75 Å². The average Bonchev–Trinajstić information content (AvgIpc) is 3.42. The summed E-state index contributed by atoms with van der Waals surface area (Å²) in [5, 5.41) is 5.15. The van der Waals surface area contributed by atoms with Crippen molar-refractivity contribution in [2.45, 2.75) is 37.6 Å². The van der Waals surface area contributed by atoms with Crippen LogP contribution in [-0.4, -0.2) is 54.9 Å². The zero-order valence-electron chi connectivity index (χ0n) is 17.6. The molecular weight excluding hydrogens is 414 g/mol. The molecule has 2 aliphatic rings. The molecule has 0 unspecified atom stereocenters. The topological polar surface area (TPSA) is 79.0 Å². The van der Waals surface area contributed by atoms with Gasteiger partial charge >= 0.3 is 0 Å². The highest BCUT2D eigenvalue weighted by Gasteiger charge is 2.39. The summed E-state index contributed by atoms with van der Waals surface area (Å²) in [4.78, 5) is 42.1. The number of anilines is 1. The number of amides is 3. The molecule has 4 rings (SSSR count). The van der Waals surface area contributed by atoms with Gasteiger partial charge in [-0.25, -0.2) is 0 Å². The van der Waals surface area contributed by atoms with Gasteiger partial charge in [0, 0.05) is 54.5 Å². The third-order valence-electron chi connectivity index (χ3n) is 6.08. The molecule has 1 aromatic carbocycles. The molecule has 2 aliphatic heterocycles. The SMILES string of the molecule is COc1cccc(N2CCN(C(=O)CC[C@]3(Cc4cccs4)CCC(=O)N3)CC2=O)c1. The van der Waals surface area contributed by atoms with E-state index >= 15 is 0 Å². The maximum absolute atomic E-state index is 12.9. The second-order valence-corrected chi connectivity index (χ2v) is 9.18. The Bertz CT molecular complexity index is 961. The van der Waals surface area contributed by atoms with E-state index in [-0.39, 0.29) is 29.8 Å². The fourth-order valence-corrected chi connectivity index (χ4v) is 5.22. The van der Waals surface area contributed by atoms with Gasteiger partial charge in [-0.1, -0.05) is 12.1 Å². The molecule has 2 aromatic rings. The molecule has 0 aliphatic carbocycles. The van der Waals surface area contributed by atoms with Crippen LogP contribution in [0.5, 0.6) is 5.75 Å². The number of carbonyl (C=O) groups excluding carboxylic acids is 3. The normalized spacial score (nSPS) is 21.3. The van der Waals surface area contributed by atoms with Crippen molar-refractivity contribution in [3.63, 3.8) is 0 Å². The number of hydrogen-bond donors (Lipinski definition) is 1. The van der Waals surface area contributed by atoms with Gasteiger partial charge in [-0.3, -0.25) is 14.4 Å². The maximum Gasteiger partial charge on any atom is 0.246 e. The lowest BCUT2D eigenvalue weighted by Crippen LogP contribution is -2.53. The molecule has 1 N–H and O–H groups in total. The van der Waals surface area contributed by atoms with Crippen LogP contribution in [0.3, 0.4) is 0 Å². The first-order valence-electron chi connectivity index (χ1n) is 10.5. The van der Waals surface area contributed by atoms with Crippen molar-refractivity contribution in [3.05, 3.63) is 46.7 Å². The molecular formula is C23H27N3O4S. The van der Waals surface area contributed by atoms with E-state index in [1.807, 2.05) is 35.7 Å². The largest absolute Gasteiger partial charge is 0.497 e. The molecule has 7 nitrogen and oxygen atoms in total.